The molecule has 0 aliphatic carbocycles. The largest absolute Gasteiger partial charge is 0.465 e. The summed E-state index contributed by atoms with van der Waals surface area (Å²) in [5, 5.41) is 18.0. The van der Waals surface area contributed by atoms with E-state index in [9.17, 15) is 9.59 Å². The Morgan fingerprint density at radius 3 is 2.33 bits per heavy atom. The van der Waals surface area contributed by atoms with Gasteiger partial charge in [0.1, 0.15) is 0 Å². The van der Waals surface area contributed by atoms with Crippen LogP contribution in [0, 0.1) is 0 Å². The van der Waals surface area contributed by atoms with Crippen LogP contribution in [0.25, 0.3) is 0 Å². The summed E-state index contributed by atoms with van der Waals surface area (Å²) < 4.78 is 0. The Hall–Kier alpha value is -2.44. The van der Waals surface area contributed by atoms with Crippen molar-refractivity contribution in [2.45, 2.75) is 25.8 Å². The smallest absolute Gasteiger partial charge is 0.417 e. The number of nitrogens with two attached hydrogens (primary N) is 1. The summed E-state index contributed by atoms with van der Waals surface area (Å²) in [6.45, 7) is 1.55. The molecule has 1 aliphatic rings. The molecule has 7 heteroatoms. The third-order valence-electron chi connectivity index (χ3n) is 3.59. The summed E-state index contributed by atoms with van der Waals surface area (Å²) in [5.41, 5.74) is 7.71. The van der Waals surface area contributed by atoms with E-state index < -0.39 is 12.2 Å². The van der Waals surface area contributed by atoms with E-state index in [1.165, 1.54) is 6.42 Å². The number of piperidine rings is 1. The summed E-state index contributed by atoms with van der Waals surface area (Å²) in [6, 6.07) is 5.22. The number of imide groups is 1. The zero-order chi connectivity index (χ0) is 15.4. The van der Waals surface area contributed by atoms with Gasteiger partial charge in [-0.2, -0.15) is 0 Å². The monoisotopic (exact) mass is 293 g/mol. The highest BCUT2D eigenvalue weighted by Gasteiger charge is 2.23. The Morgan fingerprint density at radius 1 is 1.14 bits per heavy atom. The van der Waals surface area contributed by atoms with Gasteiger partial charge in [0.05, 0.1) is 6.54 Å². The van der Waals surface area contributed by atoms with Gasteiger partial charge in [-0.25, -0.2) is 14.5 Å². The molecular weight excluding hydrogens is 274 g/mol. The zero-order valence-corrected chi connectivity index (χ0v) is 11.7. The first-order valence-corrected chi connectivity index (χ1v) is 6.86. The maximum atomic E-state index is 11.0. The minimum atomic E-state index is -1.49. The summed E-state index contributed by atoms with van der Waals surface area (Å²) in [4.78, 5) is 24.6. The van der Waals surface area contributed by atoms with Crippen molar-refractivity contribution in [1.82, 2.24) is 4.90 Å². The predicted octanol–water partition coefficient (Wildman–Crippen LogP) is 2.42. The molecule has 0 saturated carbocycles. The van der Waals surface area contributed by atoms with E-state index in [-0.39, 0.29) is 6.54 Å². The summed E-state index contributed by atoms with van der Waals surface area (Å²) >= 11 is 0. The fourth-order valence-corrected chi connectivity index (χ4v) is 2.56. The summed E-state index contributed by atoms with van der Waals surface area (Å²) in [7, 11) is 0. The zero-order valence-electron chi connectivity index (χ0n) is 11.7. The highest BCUT2D eigenvalue weighted by molar-refractivity contribution is 5.85. The first kappa shape index (κ1) is 15.0. The van der Waals surface area contributed by atoms with Gasteiger partial charge >= 0.3 is 12.2 Å². The second kappa shape index (κ2) is 6.34. The number of anilines is 2. The maximum absolute atomic E-state index is 11.0. The number of amides is 2. The molecular formula is C14H19N3O4. The van der Waals surface area contributed by atoms with Crippen molar-refractivity contribution in [1.29, 1.82) is 0 Å². The average Bonchev–Trinajstić information content (AvgIpc) is 2.45. The molecule has 7 nitrogen and oxygen atoms in total. The van der Waals surface area contributed by atoms with Crippen LogP contribution in [0.15, 0.2) is 18.2 Å². The molecule has 0 atom stereocenters. The van der Waals surface area contributed by atoms with Crippen LogP contribution in [0.2, 0.25) is 0 Å². The fourth-order valence-electron chi connectivity index (χ4n) is 2.56. The number of carbonyl (C=O) groups is 2. The lowest BCUT2D eigenvalue weighted by atomic mass is 10.1. The number of nitrogen functional groups attached to an aromatic ring is 1. The predicted molar refractivity (Wildman–Crippen MR) is 78.5 cm³/mol. The molecule has 1 aromatic rings. The van der Waals surface area contributed by atoms with Gasteiger partial charge in [-0.05, 0) is 43.0 Å². The molecule has 1 aromatic carbocycles. The molecule has 1 saturated heterocycles. The topological polar surface area (TPSA) is 107 Å². The Bertz CT molecular complexity index is 527. The molecule has 21 heavy (non-hydrogen) atoms. The van der Waals surface area contributed by atoms with Crippen molar-refractivity contribution in [3.05, 3.63) is 23.8 Å². The lowest BCUT2D eigenvalue weighted by molar-refractivity contribution is 0.120. The van der Waals surface area contributed by atoms with Crippen LogP contribution < -0.4 is 10.6 Å². The summed E-state index contributed by atoms with van der Waals surface area (Å²) in [5.74, 6) is 0. The third kappa shape index (κ3) is 3.56. The van der Waals surface area contributed by atoms with Gasteiger partial charge in [-0.1, -0.05) is 0 Å². The van der Waals surface area contributed by atoms with Gasteiger partial charge in [-0.3, -0.25) is 0 Å². The number of nitrogens with zero attached hydrogens (tertiary/aromatic N) is 2. The Labute approximate surface area is 122 Å². The van der Waals surface area contributed by atoms with Crippen molar-refractivity contribution >= 4 is 23.6 Å². The van der Waals surface area contributed by atoms with Gasteiger partial charge in [0.2, 0.25) is 0 Å². The average molecular weight is 293 g/mol. The number of hydrogen-bond acceptors (Lipinski definition) is 4. The van der Waals surface area contributed by atoms with E-state index in [1.54, 1.807) is 12.1 Å². The van der Waals surface area contributed by atoms with E-state index in [2.05, 4.69) is 4.90 Å². The highest BCUT2D eigenvalue weighted by Crippen LogP contribution is 2.27. The van der Waals surface area contributed by atoms with Crippen LogP contribution in [0.1, 0.15) is 24.8 Å². The molecule has 4 N–H and O–H groups in total. The Balaban J connectivity index is 2.30. The molecule has 0 radical (unpaired) electrons. The van der Waals surface area contributed by atoms with Crippen molar-refractivity contribution in [3.8, 4) is 0 Å². The quantitative estimate of drug-likeness (QED) is 0.739. The van der Waals surface area contributed by atoms with Crippen LogP contribution in [-0.4, -0.2) is 40.4 Å². The van der Waals surface area contributed by atoms with Gasteiger partial charge in [0.15, 0.2) is 0 Å². The van der Waals surface area contributed by atoms with Crippen LogP contribution in [0.4, 0.5) is 21.0 Å². The van der Waals surface area contributed by atoms with Crippen LogP contribution in [0.5, 0.6) is 0 Å². The van der Waals surface area contributed by atoms with Gasteiger partial charge in [0, 0.05) is 24.5 Å². The SMILES string of the molecule is Nc1ccc(N2CCCCC2)c(CN(C(=O)O)C(=O)O)c1. The second-order valence-corrected chi connectivity index (χ2v) is 5.09. The van der Waals surface area contributed by atoms with Gasteiger partial charge in [-0.15, -0.1) is 0 Å². The molecule has 1 fully saturated rings. The second-order valence-electron chi connectivity index (χ2n) is 5.09. The van der Waals surface area contributed by atoms with E-state index >= 15 is 0 Å². The van der Waals surface area contributed by atoms with Crippen LogP contribution in [0.3, 0.4) is 0 Å². The van der Waals surface area contributed by atoms with Crippen molar-refractivity contribution in [3.63, 3.8) is 0 Å². The Kier molecular flexibility index (Phi) is 4.52. The fraction of sp³-hybridized carbons (Fsp3) is 0.429. The van der Waals surface area contributed by atoms with Gasteiger partial charge in [0.25, 0.3) is 0 Å². The minimum Gasteiger partial charge on any atom is -0.465 e. The molecule has 0 spiro atoms. The van der Waals surface area contributed by atoms with Crippen molar-refractivity contribution < 1.29 is 19.8 Å². The minimum absolute atomic E-state index is 0.221. The number of carboxylic acid groups (broad SMARTS) is 2. The highest BCUT2D eigenvalue weighted by atomic mass is 16.4. The van der Waals surface area contributed by atoms with Crippen molar-refractivity contribution in [2.24, 2.45) is 0 Å². The molecule has 0 aromatic heterocycles. The molecule has 0 unspecified atom stereocenters. The van der Waals surface area contributed by atoms with Crippen molar-refractivity contribution in [2.75, 3.05) is 23.7 Å². The first-order valence-electron chi connectivity index (χ1n) is 6.86. The third-order valence-corrected chi connectivity index (χ3v) is 3.59. The molecule has 114 valence electrons. The van der Waals surface area contributed by atoms with E-state index in [4.69, 9.17) is 15.9 Å². The van der Waals surface area contributed by atoms with Gasteiger partial charge < -0.3 is 20.8 Å². The first-order chi connectivity index (χ1) is 9.99. The number of benzene rings is 1. The normalized spacial score (nSPS) is 14.8. The lowest BCUT2D eigenvalue weighted by Gasteiger charge is -2.31. The maximum Gasteiger partial charge on any atom is 0.417 e. The standard InChI is InChI=1S/C14H19N3O4/c15-11-4-5-12(16-6-2-1-3-7-16)10(8-11)9-17(13(18)19)14(20)21/h4-5,8H,1-3,6-7,9,15H2,(H,18,19)(H,20,21). The number of hydrogen-bond donors (Lipinski definition) is 3. The van der Waals surface area contributed by atoms with E-state index in [1.807, 2.05) is 6.07 Å². The summed E-state index contributed by atoms with van der Waals surface area (Å²) in [6.07, 6.45) is 0.345. The lowest BCUT2D eigenvalue weighted by Crippen LogP contribution is -2.35. The van der Waals surface area contributed by atoms with E-state index in [0.717, 1.165) is 31.6 Å². The molecule has 1 aliphatic heterocycles. The van der Waals surface area contributed by atoms with E-state index in [0.29, 0.717) is 16.2 Å². The molecule has 2 rings (SSSR count). The number of rotatable bonds is 3. The van der Waals surface area contributed by atoms with Crippen LogP contribution in [-0.2, 0) is 6.54 Å². The Morgan fingerprint density at radius 2 is 1.76 bits per heavy atom. The van der Waals surface area contributed by atoms with Crippen LogP contribution >= 0.6 is 0 Å². The molecule has 0 bridgehead atoms. The molecule has 1 heterocycles. The molecule has 2 amide bonds.